The molecule has 0 spiro atoms. The van der Waals surface area contributed by atoms with Gasteiger partial charge in [0.15, 0.2) is 0 Å². The van der Waals surface area contributed by atoms with Gasteiger partial charge in [0.1, 0.15) is 17.8 Å². The van der Waals surface area contributed by atoms with Crippen molar-refractivity contribution in [1.29, 1.82) is 0 Å². The quantitative estimate of drug-likeness (QED) is 0.838. The molecule has 2 heterocycles. The van der Waals surface area contributed by atoms with Gasteiger partial charge in [0, 0.05) is 31.9 Å². The number of carbonyl (C=O) groups is 2. The molecule has 2 aromatic rings. The molecule has 3 rings (SSSR count). The van der Waals surface area contributed by atoms with Gasteiger partial charge in [-0.2, -0.15) is 0 Å². The summed E-state index contributed by atoms with van der Waals surface area (Å²) in [4.78, 5) is 28.2. The number of carbonyl (C=O) groups excluding carboxylic acids is 2. The minimum Gasteiger partial charge on any atom is -0.467 e. The van der Waals surface area contributed by atoms with Gasteiger partial charge in [0.25, 0.3) is 5.91 Å². The highest BCUT2D eigenvalue weighted by Gasteiger charge is 2.24. The summed E-state index contributed by atoms with van der Waals surface area (Å²) in [5.74, 6) is -0.0351. The van der Waals surface area contributed by atoms with Gasteiger partial charge in [-0.3, -0.25) is 14.5 Å². The summed E-state index contributed by atoms with van der Waals surface area (Å²) >= 11 is 0. The van der Waals surface area contributed by atoms with Gasteiger partial charge in [-0.1, -0.05) is 0 Å². The zero-order valence-corrected chi connectivity index (χ0v) is 14.3. The lowest BCUT2D eigenvalue weighted by molar-refractivity contribution is -0.117. The van der Waals surface area contributed by atoms with Crippen LogP contribution in [0.4, 0.5) is 10.1 Å². The van der Waals surface area contributed by atoms with E-state index in [1.807, 2.05) is 4.90 Å². The maximum atomic E-state index is 12.9. The number of furan rings is 1. The van der Waals surface area contributed by atoms with Gasteiger partial charge in [0.2, 0.25) is 5.91 Å². The van der Waals surface area contributed by atoms with Crippen LogP contribution in [0.1, 0.15) is 16.1 Å². The van der Waals surface area contributed by atoms with E-state index in [2.05, 4.69) is 5.32 Å². The number of anilines is 1. The van der Waals surface area contributed by atoms with Crippen molar-refractivity contribution in [2.24, 2.45) is 5.73 Å². The molecular formula is C18H21FN4O3. The maximum Gasteiger partial charge on any atom is 0.257 e. The van der Waals surface area contributed by atoms with E-state index in [4.69, 9.17) is 10.2 Å². The molecule has 0 aliphatic carbocycles. The zero-order valence-electron chi connectivity index (χ0n) is 14.3. The van der Waals surface area contributed by atoms with Crippen molar-refractivity contribution in [1.82, 2.24) is 9.80 Å². The molecule has 3 N–H and O–H groups in total. The number of nitrogens with zero attached hydrogens (tertiary/aromatic N) is 2. The first kappa shape index (κ1) is 18.1. The fraction of sp³-hybridized carbons (Fsp3) is 0.333. The van der Waals surface area contributed by atoms with Crippen molar-refractivity contribution in [3.63, 3.8) is 0 Å². The number of hydrogen-bond donors (Lipinski definition) is 2. The summed E-state index contributed by atoms with van der Waals surface area (Å²) in [7, 11) is 0. The Balaban J connectivity index is 1.46. The Morgan fingerprint density at radius 1 is 1.15 bits per heavy atom. The van der Waals surface area contributed by atoms with Gasteiger partial charge in [0.05, 0.1) is 18.7 Å². The molecule has 0 bridgehead atoms. The standard InChI is InChI=1S/C18H21FN4O3/c19-14-1-3-15(4-2-14)21-17(24)11-22-5-7-23(8-6-22)18(25)13-9-16(10-20)26-12-13/h1-4,9,12H,5-8,10-11,20H2,(H,21,24). The molecule has 1 saturated heterocycles. The highest BCUT2D eigenvalue weighted by atomic mass is 19.1. The van der Waals surface area contributed by atoms with Crippen LogP contribution in [0.3, 0.4) is 0 Å². The smallest absolute Gasteiger partial charge is 0.257 e. The number of hydrogen-bond acceptors (Lipinski definition) is 5. The second-order valence-electron chi connectivity index (χ2n) is 6.13. The molecule has 2 amide bonds. The first-order valence-corrected chi connectivity index (χ1v) is 8.39. The molecule has 7 nitrogen and oxygen atoms in total. The first-order chi connectivity index (χ1) is 12.5. The highest BCUT2D eigenvalue weighted by molar-refractivity contribution is 5.94. The van der Waals surface area contributed by atoms with Crippen LogP contribution in [-0.2, 0) is 11.3 Å². The molecule has 1 aliphatic rings. The Hall–Kier alpha value is -2.71. The summed E-state index contributed by atoms with van der Waals surface area (Å²) in [5, 5.41) is 2.73. The van der Waals surface area contributed by atoms with Crippen molar-refractivity contribution < 1.29 is 18.4 Å². The second kappa shape index (κ2) is 8.11. The topological polar surface area (TPSA) is 91.8 Å². The summed E-state index contributed by atoms with van der Waals surface area (Å²) in [6, 6.07) is 7.29. The van der Waals surface area contributed by atoms with Gasteiger partial charge in [-0.15, -0.1) is 0 Å². The van der Waals surface area contributed by atoms with Crippen molar-refractivity contribution in [2.45, 2.75) is 6.54 Å². The summed E-state index contributed by atoms with van der Waals surface area (Å²) in [5.41, 5.74) is 6.54. The Bertz CT molecular complexity index is 767. The van der Waals surface area contributed by atoms with E-state index in [0.29, 0.717) is 43.2 Å². The van der Waals surface area contributed by atoms with Gasteiger partial charge in [-0.25, -0.2) is 4.39 Å². The molecule has 138 valence electrons. The molecule has 1 aromatic carbocycles. The van der Waals surface area contributed by atoms with Gasteiger partial charge < -0.3 is 20.4 Å². The van der Waals surface area contributed by atoms with Crippen LogP contribution in [-0.4, -0.2) is 54.3 Å². The van der Waals surface area contributed by atoms with Crippen LogP contribution in [0.15, 0.2) is 41.0 Å². The lowest BCUT2D eigenvalue weighted by Crippen LogP contribution is -2.50. The average Bonchev–Trinajstić information content (AvgIpc) is 3.13. The summed E-state index contributed by atoms with van der Waals surface area (Å²) < 4.78 is 18.1. The van der Waals surface area contributed by atoms with Gasteiger partial charge >= 0.3 is 0 Å². The predicted molar refractivity (Wildman–Crippen MR) is 94.0 cm³/mol. The average molecular weight is 360 g/mol. The molecule has 1 fully saturated rings. The predicted octanol–water partition coefficient (Wildman–Crippen LogP) is 1.27. The second-order valence-corrected chi connectivity index (χ2v) is 6.13. The van der Waals surface area contributed by atoms with Crippen LogP contribution < -0.4 is 11.1 Å². The number of benzene rings is 1. The molecule has 26 heavy (non-hydrogen) atoms. The molecular weight excluding hydrogens is 339 g/mol. The Kier molecular flexibility index (Phi) is 5.65. The molecule has 0 unspecified atom stereocenters. The van der Waals surface area contributed by atoms with E-state index in [1.54, 1.807) is 11.0 Å². The fourth-order valence-electron chi connectivity index (χ4n) is 2.83. The number of halogens is 1. The summed E-state index contributed by atoms with van der Waals surface area (Å²) in [6.45, 7) is 2.75. The Labute approximate surface area is 150 Å². The number of amides is 2. The van der Waals surface area contributed by atoms with E-state index in [0.717, 1.165) is 0 Å². The van der Waals surface area contributed by atoms with Crippen molar-refractivity contribution in [2.75, 3.05) is 38.0 Å². The number of nitrogens with one attached hydrogen (secondary N) is 1. The van der Waals surface area contributed by atoms with Crippen LogP contribution in [0.5, 0.6) is 0 Å². The minimum atomic E-state index is -0.347. The zero-order chi connectivity index (χ0) is 18.5. The van der Waals surface area contributed by atoms with Crippen LogP contribution >= 0.6 is 0 Å². The fourth-order valence-corrected chi connectivity index (χ4v) is 2.83. The van der Waals surface area contributed by atoms with E-state index < -0.39 is 0 Å². The van der Waals surface area contributed by atoms with E-state index in [-0.39, 0.29) is 30.7 Å². The minimum absolute atomic E-state index is 0.0936. The van der Waals surface area contributed by atoms with Crippen LogP contribution in [0.25, 0.3) is 0 Å². The largest absolute Gasteiger partial charge is 0.467 e. The van der Waals surface area contributed by atoms with Crippen molar-refractivity contribution in [3.05, 3.63) is 53.7 Å². The lowest BCUT2D eigenvalue weighted by atomic mass is 10.2. The van der Waals surface area contributed by atoms with Crippen molar-refractivity contribution in [3.8, 4) is 0 Å². The maximum absolute atomic E-state index is 12.9. The number of rotatable bonds is 5. The lowest BCUT2D eigenvalue weighted by Gasteiger charge is -2.34. The third kappa shape index (κ3) is 4.47. The SMILES string of the molecule is NCc1cc(C(=O)N2CCN(CC(=O)Nc3ccc(F)cc3)CC2)co1. The normalized spacial score (nSPS) is 15.1. The van der Waals surface area contributed by atoms with E-state index >= 15 is 0 Å². The Morgan fingerprint density at radius 3 is 2.46 bits per heavy atom. The monoisotopic (exact) mass is 360 g/mol. The molecule has 1 aromatic heterocycles. The molecule has 1 aliphatic heterocycles. The first-order valence-electron chi connectivity index (χ1n) is 8.39. The number of nitrogens with two attached hydrogens (primary N) is 1. The van der Waals surface area contributed by atoms with Crippen LogP contribution in [0.2, 0.25) is 0 Å². The molecule has 0 saturated carbocycles. The third-order valence-electron chi connectivity index (χ3n) is 4.26. The Morgan fingerprint density at radius 2 is 1.85 bits per heavy atom. The number of piperazine rings is 1. The molecule has 0 atom stereocenters. The van der Waals surface area contributed by atoms with Crippen molar-refractivity contribution >= 4 is 17.5 Å². The highest BCUT2D eigenvalue weighted by Crippen LogP contribution is 2.13. The van der Waals surface area contributed by atoms with E-state index in [1.165, 1.54) is 30.5 Å². The molecule has 0 radical (unpaired) electrons. The van der Waals surface area contributed by atoms with Crippen LogP contribution in [0, 0.1) is 5.82 Å². The third-order valence-corrected chi connectivity index (χ3v) is 4.26. The van der Waals surface area contributed by atoms with Gasteiger partial charge in [-0.05, 0) is 30.3 Å². The summed E-state index contributed by atoms with van der Waals surface area (Å²) in [6.07, 6.45) is 1.42. The van der Waals surface area contributed by atoms with E-state index in [9.17, 15) is 14.0 Å². The molecule has 8 heteroatoms.